The zero-order chi connectivity index (χ0) is 50.0. The molecule has 0 amide bonds. The molecule has 0 N–H and O–H groups in total. The van der Waals surface area contributed by atoms with Crippen LogP contribution >= 0.6 is 0 Å². The molecule has 0 saturated carbocycles. The summed E-state index contributed by atoms with van der Waals surface area (Å²) in [7, 11) is 0. The largest absolute Gasteiger partial charge is 0.462 e. The number of hydrogen-bond acceptors (Lipinski definition) is 6. The number of unbranched alkanes of at least 4 members (excludes halogenated alkanes) is 18. The average Bonchev–Trinajstić information content (AvgIpc) is 3.35. The molecule has 0 aromatic carbocycles. The van der Waals surface area contributed by atoms with Crippen molar-refractivity contribution < 1.29 is 28.6 Å². The quantitative estimate of drug-likeness (QED) is 0.0262. The molecule has 0 fully saturated rings. The number of carbonyl (C=O) groups is 3. The van der Waals surface area contributed by atoms with Crippen LogP contribution in [0.25, 0.3) is 0 Å². The van der Waals surface area contributed by atoms with Crippen molar-refractivity contribution in [1.82, 2.24) is 0 Å². The Labute approximate surface area is 424 Å². The van der Waals surface area contributed by atoms with Gasteiger partial charge in [0.1, 0.15) is 13.2 Å². The maximum absolute atomic E-state index is 12.9. The molecule has 0 rings (SSSR count). The Morgan fingerprint density at radius 2 is 0.565 bits per heavy atom. The van der Waals surface area contributed by atoms with Gasteiger partial charge in [-0.3, -0.25) is 14.4 Å². The lowest BCUT2D eigenvalue weighted by Crippen LogP contribution is -2.30. The normalized spacial score (nSPS) is 13.0. The molecule has 0 radical (unpaired) electrons. The van der Waals surface area contributed by atoms with E-state index >= 15 is 0 Å². The molecule has 0 aromatic rings. The molecule has 0 bridgehead atoms. The molecule has 390 valence electrons. The number of ether oxygens (including phenoxy) is 3. The van der Waals surface area contributed by atoms with E-state index < -0.39 is 6.10 Å². The maximum Gasteiger partial charge on any atom is 0.306 e. The SMILES string of the molecule is CC/C=C\C/C=C\C/C=C\C/C=C\C/C=C\CCCCCC(=O)OC[C@@H](COC(=O)CCCCCCC/C=C\C/C=C\C/C=C\CC)OC(=O)CCCCCCCCC/C=C\C/C=C\CCCCC. The molecule has 0 spiro atoms. The third-order valence-electron chi connectivity index (χ3n) is 11.4. The molecule has 0 aromatic heterocycles. The predicted molar refractivity (Wildman–Crippen MR) is 297 cm³/mol. The summed E-state index contributed by atoms with van der Waals surface area (Å²) < 4.78 is 16.8. The monoisotopic (exact) mass is 955 g/mol. The highest BCUT2D eigenvalue weighted by atomic mass is 16.6. The molecule has 0 heterocycles. The predicted octanol–water partition coefficient (Wildman–Crippen LogP) is 18.9. The van der Waals surface area contributed by atoms with Crippen LogP contribution in [-0.4, -0.2) is 37.2 Å². The van der Waals surface area contributed by atoms with Crippen LogP contribution in [0.2, 0.25) is 0 Å². The van der Waals surface area contributed by atoms with Crippen LogP contribution in [0, 0.1) is 0 Å². The third-order valence-corrected chi connectivity index (χ3v) is 11.4. The summed E-state index contributed by atoms with van der Waals surface area (Å²) in [5.41, 5.74) is 0. The van der Waals surface area contributed by atoms with Gasteiger partial charge in [0.2, 0.25) is 0 Å². The summed E-state index contributed by atoms with van der Waals surface area (Å²) in [6.45, 7) is 6.33. The van der Waals surface area contributed by atoms with E-state index in [2.05, 4.69) is 142 Å². The van der Waals surface area contributed by atoms with Gasteiger partial charge in [0, 0.05) is 19.3 Å². The topological polar surface area (TPSA) is 78.9 Å². The smallest absolute Gasteiger partial charge is 0.306 e. The summed E-state index contributed by atoms with van der Waals surface area (Å²) >= 11 is 0. The standard InChI is InChI=1S/C63H102O6/c1-4-7-10-13-16-19-22-25-28-30-31-33-35-38-41-44-47-50-53-56-62(65)68-59-60(58-67-61(64)55-52-49-46-43-40-37-34-27-24-21-18-15-12-9-6-3)69-63(66)57-54-51-48-45-42-39-36-32-29-26-23-20-17-14-11-8-5-2/h7,9-10,12,16-21,25-29,31,33-34,38,41,60H,4-6,8,11,13-15,22-24,30,32,35-37,39-40,42-59H2,1-3H3/b10-7-,12-9-,19-16-,20-17-,21-18-,28-25-,29-26-,33-31-,34-27-,41-38-/t60-/m1/s1. The fourth-order valence-electron chi connectivity index (χ4n) is 7.28. The Bertz CT molecular complexity index is 1470. The molecule has 1 atom stereocenters. The zero-order valence-corrected chi connectivity index (χ0v) is 44.5. The summed E-state index contributed by atoms with van der Waals surface area (Å²) in [4.78, 5) is 38.1. The third kappa shape index (κ3) is 54.6. The van der Waals surface area contributed by atoms with Crippen molar-refractivity contribution in [1.29, 1.82) is 0 Å². The lowest BCUT2D eigenvalue weighted by atomic mass is 10.1. The van der Waals surface area contributed by atoms with Gasteiger partial charge in [0.25, 0.3) is 0 Å². The minimum atomic E-state index is -0.807. The Morgan fingerprint density at radius 3 is 0.899 bits per heavy atom. The fraction of sp³-hybridized carbons (Fsp3) is 0.635. The molecule has 0 saturated heterocycles. The molecule has 0 aliphatic carbocycles. The second-order valence-electron chi connectivity index (χ2n) is 18.1. The van der Waals surface area contributed by atoms with Crippen LogP contribution in [0.4, 0.5) is 0 Å². The molecule has 69 heavy (non-hydrogen) atoms. The molecular formula is C63H102O6. The Balaban J connectivity index is 4.51. The van der Waals surface area contributed by atoms with Crippen molar-refractivity contribution in [3.05, 3.63) is 122 Å². The molecule has 0 unspecified atom stereocenters. The van der Waals surface area contributed by atoms with E-state index in [1.54, 1.807) is 0 Å². The van der Waals surface area contributed by atoms with Gasteiger partial charge in [-0.05, 0) is 128 Å². The van der Waals surface area contributed by atoms with E-state index in [-0.39, 0.29) is 31.1 Å². The highest BCUT2D eigenvalue weighted by molar-refractivity contribution is 5.71. The lowest BCUT2D eigenvalue weighted by Gasteiger charge is -2.18. The van der Waals surface area contributed by atoms with Crippen molar-refractivity contribution in [2.75, 3.05) is 13.2 Å². The van der Waals surface area contributed by atoms with Crippen LogP contribution in [-0.2, 0) is 28.6 Å². The van der Waals surface area contributed by atoms with Crippen molar-refractivity contribution in [2.45, 2.75) is 245 Å². The van der Waals surface area contributed by atoms with Crippen molar-refractivity contribution in [2.24, 2.45) is 0 Å². The van der Waals surface area contributed by atoms with Crippen LogP contribution < -0.4 is 0 Å². The van der Waals surface area contributed by atoms with Gasteiger partial charge in [-0.15, -0.1) is 0 Å². The molecule has 6 heteroatoms. The highest BCUT2D eigenvalue weighted by Gasteiger charge is 2.19. The van der Waals surface area contributed by atoms with Crippen LogP contribution in [0.5, 0.6) is 0 Å². The Hall–Kier alpha value is -4.19. The average molecular weight is 956 g/mol. The van der Waals surface area contributed by atoms with Gasteiger partial charge in [0.05, 0.1) is 0 Å². The number of esters is 3. The zero-order valence-electron chi connectivity index (χ0n) is 44.5. The molecule has 0 aliphatic rings. The molecule has 0 aliphatic heterocycles. The van der Waals surface area contributed by atoms with E-state index in [1.165, 1.54) is 51.4 Å². The van der Waals surface area contributed by atoms with E-state index in [0.717, 1.165) is 148 Å². The Kier molecular flexibility index (Phi) is 53.0. The van der Waals surface area contributed by atoms with Crippen molar-refractivity contribution in [3.8, 4) is 0 Å². The van der Waals surface area contributed by atoms with Gasteiger partial charge >= 0.3 is 17.9 Å². The van der Waals surface area contributed by atoms with E-state index in [9.17, 15) is 14.4 Å². The summed E-state index contributed by atoms with van der Waals surface area (Å²) in [5, 5.41) is 0. The first-order chi connectivity index (χ1) is 34.0. The second kappa shape index (κ2) is 56.4. The first kappa shape index (κ1) is 64.8. The number of carbonyl (C=O) groups excluding carboxylic acids is 3. The number of hydrogen-bond donors (Lipinski definition) is 0. The van der Waals surface area contributed by atoms with Crippen LogP contribution in [0.3, 0.4) is 0 Å². The van der Waals surface area contributed by atoms with Gasteiger partial charge in [-0.25, -0.2) is 0 Å². The molecular weight excluding hydrogens is 853 g/mol. The van der Waals surface area contributed by atoms with Crippen molar-refractivity contribution >= 4 is 17.9 Å². The first-order valence-electron chi connectivity index (χ1n) is 28.0. The van der Waals surface area contributed by atoms with Gasteiger partial charge in [0.15, 0.2) is 6.10 Å². The van der Waals surface area contributed by atoms with Gasteiger partial charge < -0.3 is 14.2 Å². The molecule has 6 nitrogen and oxygen atoms in total. The van der Waals surface area contributed by atoms with Crippen LogP contribution in [0.1, 0.15) is 239 Å². The summed E-state index contributed by atoms with van der Waals surface area (Å²) in [6, 6.07) is 0. The minimum Gasteiger partial charge on any atom is -0.462 e. The van der Waals surface area contributed by atoms with Crippen molar-refractivity contribution in [3.63, 3.8) is 0 Å². The van der Waals surface area contributed by atoms with Gasteiger partial charge in [-0.1, -0.05) is 213 Å². The summed E-state index contributed by atoms with van der Waals surface area (Å²) in [5.74, 6) is -0.963. The Morgan fingerprint density at radius 1 is 0.304 bits per heavy atom. The van der Waals surface area contributed by atoms with Crippen LogP contribution in [0.15, 0.2) is 122 Å². The number of allylic oxidation sites excluding steroid dienone is 20. The van der Waals surface area contributed by atoms with E-state index in [0.29, 0.717) is 19.3 Å². The van der Waals surface area contributed by atoms with E-state index in [4.69, 9.17) is 14.2 Å². The second-order valence-corrected chi connectivity index (χ2v) is 18.1. The first-order valence-corrected chi connectivity index (χ1v) is 28.0. The maximum atomic E-state index is 12.9. The highest BCUT2D eigenvalue weighted by Crippen LogP contribution is 2.13. The van der Waals surface area contributed by atoms with E-state index in [1.807, 2.05) is 0 Å². The van der Waals surface area contributed by atoms with Gasteiger partial charge in [-0.2, -0.15) is 0 Å². The minimum absolute atomic E-state index is 0.104. The summed E-state index contributed by atoms with van der Waals surface area (Å²) in [6.07, 6.45) is 77.5. The lowest BCUT2D eigenvalue weighted by molar-refractivity contribution is -0.167. The number of rotatable bonds is 49. The fourth-order valence-corrected chi connectivity index (χ4v) is 7.28.